The fourth-order valence-corrected chi connectivity index (χ4v) is 3.17. The Balaban J connectivity index is 1.82. The van der Waals surface area contributed by atoms with Gasteiger partial charge in [-0.25, -0.2) is 0 Å². The molecule has 1 fully saturated rings. The van der Waals surface area contributed by atoms with Crippen molar-refractivity contribution in [2.45, 2.75) is 36.4 Å². The number of hydrogen-bond donors (Lipinski definition) is 1. The Morgan fingerprint density at radius 2 is 2.00 bits per heavy atom. The Kier molecular flexibility index (Phi) is 3.49. The van der Waals surface area contributed by atoms with Gasteiger partial charge in [0.15, 0.2) is 0 Å². The largest absolute Gasteiger partial charge is 0.392 e. The van der Waals surface area contributed by atoms with E-state index in [9.17, 15) is 5.11 Å². The fourth-order valence-electron chi connectivity index (χ4n) is 1.88. The van der Waals surface area contributed by atoms with E-state index in [0.29, 0.717) is 5.25 Å². The lowest BCUT2D eigenvalue weighted by molar-refractivity contribution is 0.188. The zero-order valence-electron chi connectivity index (χ0n) is 8.23. The predicted octanol–water partition coefficient (Wildman–Crippen LogP) is 2.83. The molecule has 14 heavy (non-hydrogen) atoms. The van der Waals surface area contributed by atoms with Gasteiger partial charge in [-0.2, -0.15) is 11.8 Å². The van der Waals surface area contributed by atoms with E-state index in [1.165, 1.54) is 18.4 Å². The van der Waals surface area contributed by atoms with Crippen molar-refractivity contribution in [1.82, 2.24) is 0 Å². The fraction of sp³-hybridized carbons (Fsp3) is 0.500. The third kappa shape index (κ3) is 2.52. The third-order valence-corrected chi connectivity index (χ3v) is 4.20. The number of aliphatic hydroxyl groups is 1. The van der Waals surface area contributed by atoms with Gasteiger partial charge in [0.2, 0.25) is 0 Å². The monoisotopic (exact) mass is 208 g/mol. The maximum atomic E-state index is 9.65. The molecule has 0 saturated heterocycles. The van der Waals surface area contributed by atoms with Gasteiger partial charge in [-0.1, -0.05) is 30.3 Å². The molecule has 2 heteroatoms. The molecule has 0 aliphatic heterocycles. The lowest BCUT2D eigenvalue weighted by Crippen LogP contribution is -2.15. The molecule has 0 amide bonds. The summed E-state index contributed by atoms with van der Waals surface area (Å²) in [5.74, 6) is 1.03. The van der Waals surface area contributed by atoms with Gasteiger partial charge in [0.25, 0.3) is 0 Å². The zero-order valence-corrected chi connectivity index (χ0v) is 9.04. The summed E-state index contributed by atoms with van der Waals surface area (Å²) in [6, 6.07) is 10.5. The summed E-state index contributed by atoms with van der Waals surface area (Å²) in [4.78, 5) is 0. The van der Waals surface area contributed by atoms with Gasteiger partial charge >= 0.3 is 0 Å². The minimum atomic E-state index is -0.0660. The van der Waals surface area contributed by atoms with Gasteiger partial charge in [0.1, 0.15) is 0 Å². The quantitative estimate of drug-likeness (QED) is 0.824. The molecule has 1 saturated carbocycles. The van der Waals surface area contributed by atoms with Crippen LogP contribution >= 0.6 is 11.8 Å². The summed E-state index contributed by atoms with van der Waals surface area (Å²) in [5, 5.41) is 10.1. The van der Waals surface area contributed by atoms with Crippen LogP contribution in [-0.2, 0) is 5.75 Å². The van der Waals surface area contributed by atoms with Crippen molar-refractivity contribution < 1.29 is 5.11 Å². The van der Waals surface area contributed by atoms with Crippen LogP contribution in [0.4, 0.5) is 0 Å². The van der Waals surface area contributed by atoms with E-state index >= 15 is 0 Å². The van der Waals surface area contributed by atoms with Crippen molar-refractivity contribution in [2.24, 2.45) is 0 Å². The molecule has 1 nitrogen and oxygen atoms in total. The maximum absolute atomic E-state index is 9.65. The summed E-state index contributed by atoms with van der Waals surface area (Å²) >= 11 is 1.90. The van der Waals surface area contributed by atoms with Crippen molar-refractivity contribution in [3.63, 3.8) is 0 Å². The highest BCUT2D eigenvalue weighted by molar-refractivity contribution is 7.99. The van der Waals surface area contributed by atoms with Gasteiger partial charge in [-0.3, -0.25) is 0 Å². The van der Waals surface area contributed by atoms with Crippen molar-refractivity contribution in [3.8, 4) is 0 Å². The first-order chi connectivity index (χ1) is 6.86. The van der Waals surface area contributed by atoms with Crippen molar-refractivity contribution in [1.29, 1.82) is 0 Å². The second-order valence-electron chi connectivity index (χ2n) is 3.83. The Labute approximate surface area is 89.5 Å². The molecule has 0 spiro atoms. The first kappa shape index (κ1) is 10.1. The van der Waals surface area contributed by atoms with E-state index in [4.69, 9.17) is 0 Å². The zero-order chi connectivity index (χ0) is 9.80. The number of thioether (sulfide) groups is 1. The minimum absolute atomic E-state index is 0.0660. The summed E-state index contributed by atoms with van der Waals surface area (Å²) < 4.78 is 0. The van der Waals surface area contributed by atoms with Crippen molar-refractivity contribution in [2.75, 3.05) is 0 Å². The molecule has 1 aromatic carbocycles. The molecule has 1 aliphatic rings. The molecular weight excluding hydrogens is 192 g/mol. The van der Waals surface area contributed by atoms with Gasteiger partial charge in [-0.05, 0) is 24.8 Å². The third-order valence-electron chi connectivity index (χ3n) is 2.72. The second-order valence-corrected chi connectivity index (χ2v) is 5.06. The molecular formula is C12H16OS. The standard InChI is InChI=1S/C12H16OS/c13-11-7-4-8-12(11)14-9-10-5-2-1-3-6-10/h1-3,5-6,11-13H,4,7-9H2/t11-,12?/m1/s1. The summed E-state index contributed by atoms with van der Waals surface area (Å²) in [7, 11) is 0. The van der Waals surface area contributed by atoms with E-state index in [0.717, 1.165) is 12.2 Å². The first-order valence-electron chi connectivity index (χ1n) is 5.20. The van der Waals surface area contributed by atoms with E-state index in [-0.39, 0.29) is 6.10 Å². The van der Waals surface area contributed by atoms with Crippen LogP contribution in [0, 0.1) is 0 Å². The van der Waals surface area contributed by atoms with E-state index in [2.05, 4.69) is 24.3 Å². The molecule has 1 aliphatic carbocycles. The summed E-state index contributed by atoms with van der Waals surface area (Å²) in [6.07, 6.45) is 3.29. The highest BCUT2D eigenvalue weighted by Gasteiger charge is 2.25. The highest BCUT2D eigenvalue weighted by Crippen LogP contribution is 2.31. The molecule has 2 atom stereocenters. The smallest absolute Gasteiger partial charge is 0.0658 e. The molecule has 0 radical (unpaired) electrons. The number of benzene rings is 1. The van der Waals surface area contributed by atoms with Crippen LogP contribution in [0.5, 0.6) is 0 Å². The molecule has 76 valence electrons. The first-order valence-corrected chi connectivity index (χ1v) is 6.25. The SMILES string of the molecule is O[C@@H]1CCCC1SCc1ccccc1. The van der Waals surface area contributed by atoms with Crippen molar-refractivity contribution in [3.05, 3.63) is 35.9 Å². The van der Waals surface area contributed by atoms with E-state index < -0.39 is 0 Å². The molecule has 2 rings (SSSR count). The van der Waals surface area contributed by atoms with Gasteiger partial charge in [0, 0.05) is 11.0 Å². The summed E-state index contributed by atoms with van der Waals surface area (Å²) in [5.41, 5.74) is 1.36. The Morgan fingerprint density at radius 1 is 1.21 bits per heavy atom. The van der Waals surface area contributed by atoms with E-state index in [1.807, 2.05) is 17.8 Å². The molecule has 0 bridgehead atoms. The number of hydrogen-bond acceptors (Lipinski definition) is 2. The lowest BCUT2D eigenvalue weighted by atomic mass is 10.2. The molecule has 1 N–H and O–H groups in total. The Hall–Kier alpha value is -0.470. The average molecular weight is 208 g/mol. The van der Waals surface area contributed by atoms with Gasteiger partial charge in [0.05, 0.1) is 6.10 Å². The van der Waals surface area contributed by atoms with Crippen LogP contribution in [-0.4, -0.2) is 16.5 Å². The van der Waals surface area contributed by atoms with Crippen LogP contribution in [0.2, 0.25) is 0 Å². The van der Waals surface area contributed by atoms with Crippen molar-refractivity contribution >= 4 is 11.8 Å². The molecule has 1 unspecified atom stereocenters. The highest BCUT2D eigenvalue weighted by atomic mass is 32.2. The van der Waals surface area contributed by atoms with Gasteiger partial charge in [-0.15, -0.1) is 0 Å². The Bertz CT molecular complexity index is 273. The molecule has 1 aromatic rings. The number of aliphatic hydroxyl groups excluding tert-OH is 1. The topological polar surface area (TPSA) is 20.2 Å². The minimum Gasteiger partial charge on any atom is -0.392 e. The van der Waals surface area contributed by atoms with Crippen LogP contribution in [0.25, 0.3) is 0 Å². The van der Waals surface area contributed by atoms with Crippen LogP contribution in [0.15, 0.2) is 30.3 Å². The van der Waals surface area contributed by atoms with Crippen LogP contribution < -0.4 is 0 Å². The molecule has 0 aromatic heterocycles. The number of rotatable bonds is 3. The average Bonchev–Trinajstić information content (AvgIpc) is 2.63. The Morgan fingerprint density at radius 3 is 2.64 bits per heavy atom. The van der Waals surface area contributed by atoms with Gasteiger partial charge < -0.3 is 5.11 Å². The lowest BCUT2D eigenvalue weighted by Gasteiger charge is -2.13. The predicted molar refractivity (Wildman–Crippen MR) is 61.4 cm³/mol. The maximum Gasteiger partial charge on any atom is 0.0658 e. The van der Waals surface area contributed by atoms with Crippen LogP contribution in [0.1, 0.15) is 24.8 Å². The normalized spacial score (nSPS) is 26.6. The molecule has 0 heterocycles. The van der Waals surface area contributed by atoms with Crippen LogP contribution in [0.3, 0.4) is 0 Å². The second kappa shape index (κ2) is 4.85. The summed E-state index contributed by atoms with van der Waals surface area (Å²) in [6.45, 7) is 0. The van der Waals surface area contributed by atoms with E-state index in [1.54, 1.807) is 0 Å².